The van der Waals surface area contributed by atoms with Gasteiger partial charge in [0, 0.05) is 12.5 Å². The van der Waals surface area contributed by atoms with E-state index in [1.807, 2.05) is 30.3 Å². The fourth-order valence-electron chi connectivity index (χ4n) is 2.62. The number of pyridine rings is 1. The summed E-state index contributed by atoms with van der Waals surface area (Å²) < 4.78 is 16.0. The molecule has 2 rings (SSSR count). The number of hydrogen-bond acceptors (Lipinski definition) is 7. The fourth-order valence-corrected chi connectivity index (χ4v) is 2.62. The lowest BCUT2D eigenvalue weighted by Crippen LogP contribution is -2.44. The number of benzene rings is 1. The highest BCUT2D eigenvalue weighted by Crippen LogP contribution is 2.32. The summed E-state index contributed by atoms with van der Waals surface area (Å²) in [5.74, 6) is -0.457. The van der Waals surface area contributed by atoms with Crippen LogP contribution in [-0.4, -0.2) is 34.3 Å². The summed E-state index contributed by atoms with van der Waals surface area (Å²) in [7, 11) is 0. The first kappa shape index (κ1) is 24.8. The standard InChI is InChI=1S/C24H30N2O6/c1-16(27)30-15-18-13-14-19(17-11-9-8-10-12-17)20(25-18)26(21(28)31-23(2,3)4)22(29)32-24(5,6)7/h8-14H,15H2,1-7H3. The normalized spacial score (nSPS) is 11.5. The van der Waals surface area contributed by atoms with E-state index in [1.54, 1.807) is 53.7 Å². The van der Waals surface area contributed by atoms with Gasteiger partial charge in [0.25, 0.3) is 0 Å². The zero-order valence-electron chi connectivity index (χ0n) is 19.6. The number of carbonyl (C=O) groups excluding carboxylic acids is 3. The Hall–Kier alpha value is -3.42. The van der Waals surface area contributed by atoms with Crippen molar-refractivity contribution in [1.82, 2.24) is 4.98 Å². The molecule has 0 N–H and O–H groups in total. The van der Waals surface area contributed by atoms with Crippen LogP contribution < -0.4 is 4.90 Å². The number of rotatable bonds is 4. The van der Waals surface area contributed by atoms with Crippen LogP contribution in [0, 0.1) is 0 Å². The maximum atomic E-state index is 13.1. The number of nitrogens with zero attached hydrogens (tertiary/aromatic N) is 2. The van der Waals surface area contributed by atoms with Crippen LogP contribution in [0.15, 0.2) is 42.5 Å². The minimum atomic E-state index is -0.930. The molecular formula is C24H30N2O6. The second-order valence-electron chi connectivity index (χ2n) is 9.12. The van der Waals surface area contributed by atoms with Crippen LogP contribution in [0.5, 0.6) is 0 Å². The topological polar surface area (TPSA) is 95.0 Å². The lowest BCUT2D eigenvalue weighted by molar-refractivity contribution is -0.142. The summed E-state index contributed by atoms with van der Waals surface area (Å²) in [6.07, 6.45) is -1.86. The van der Waals surface area contributed by atoms with Crippen LogP contribution in [-0.2, 0) is 25.6 Å². The van der Waals surface area contributed by atoms with Crippen LogP contribution in [0.3, 0.4) is 0 Å². The minimum absolute atomic E-state index is 0.0179. The van der Waals surface area contributed by atoms with Crippen LogP contribution >= 0.6 is 0 Å². The third-order valence-electron chi connectivity index (χ3n) is 3.80. The van der Waals surface area contributed by atoms with Gasteiger partial charge in [0.1, 0.15) is 17.8 Å². The van der Waals surface area contributed by atoms with E-state index in [2.05, 4.69) is 4.98 Å². The van der Waals surface area contributed by atoms with Gasteiger partial charge in [-0.25, -0.2) is 14.6 Å². The molecule has 0 aliphatic carbocycles. The molecule has 0 atom stereocenters. The first-order valence-electron chi connectivity index (χ1n) is 10.2. The Morgan fingerprint density at radius 2 is 1.38 bits per heavy atom. The molecule has 0 fully saturated rings. The maximum absolute atomic E-state index is 13.1. The summed E-state index contributed by atoms with van der Waals surface area (Å²) in [4.78, 5) is 42.7. The molecule has 1 aromatic heterocycles. The molecule has 0 saturated carbocycles. The SMILES string of the molecule is CC(=O)OCc1ccc(-c2ccccc2)c(N(C(=O)OC(C)(C)C)C(=O)OC(C)(C)C)n1. The van der Waals surface area contributed by atoms with E-state index in [0.717, 1.165) is 10.5 Å². The van der Waals surface area contributed by atoms with E-state index < -0.39 is 29.4 Å². The molecule has 0 bridgehead atoms. The Labute approximate surface area is 188 Å². The molecule has 0 spiro atoms. The second kappa shape index (κ2) is 9.80. The van der Waals surface area contributed by atoms with Gasteiger partial charge in [-0.1, -0.05) is 30.3 Å². The van der Waals surface area contributed by atoms with Crippen molar-refractivity contribution >= 4 is 24.0 Å². The number of ether oxygens (including phenoxy) is 3. The van der Waals surface area contributed by atoms with E-state index in [9.17, 15) is 14.4 Å². The molecule has 0 saturated heterocycles. The van der Waals surface area contributed by atoms with Gasteiger partial charge in [-0.2, -0.15) is 4.90 Å². The van der Waals surface area contributed by atoms with Gasteiger partial charge < -0.3 is 14.2 Å². The van der Waals surface area contributed by atoms with Crippen molar-refractivity contribution < 1.29 is 28.6 Å². The lowest BCUT2D eigenvalue weighted by atomic mass is 10.1. The van der Waals surface area contributed by atoms with Crippen LogP contribution in [0.4, 0.5) is 15.4 Å². The number of anilines is 1. The zero-order chi connectivity index (χ0) is 24.1. The highest BCUT2D eigenvalue weighted by atomic mass is 16.6. The Morgan fingerprint density at radius 1 is 0.844 bits per heavy atom. The quantitative estimate of drug-likeness (QED) is 0.456. The Bertz CT molecular complexity index is 946. The Balaban J connectivity index is 2.65. The van der Waals surface area contributed by atoms with Gasteiger partial charge in [-0.3, -0.25) is 4.79 Å². The summed E-state index contributed by atoms with van der Waals surface area (Å²) >= 11 is 0. The zero-order valence-corrected chi connectivity index (χ0v) is 19.6. The van der Waals surface area contributed by atoms with Crippen molar-refractivity contribution in [2.24, 2.45) is 0 Å². The Morgan fingerprint density at radius 3 is 1.84 bits per heavy atom. The number of amides is 2. The average Bonchev–Trinajstić information content (AvgIpc) is 2.64. The van der Waals surface area contributed by atoms with Crippen molar-refractivity contribution in [2.75, 3.05) is 4.90 Å². The molecule has 0 aliphatic rings. The predicted octanol–water partition coefficient (Wildman–Crippen LogP) is 5.49. The lowest BCUT2D eigenvalue weighted by Gasteiger charge is -2.29. The van der Waals surface area contributed by atoms with Crippen molar-refractivity contribution in [3.8, 4) is 11.1 Å². The van der Waals surface area contributed by atoms with Gasteiger partial charge in [-0.05, 0) is 59.2 Å². The smallest absolute Gasteiger partial charge is 0.425 e. The molecule has 2 aromatic rings. The van der Waals surface area contributed by atoms with Crippen LogP contribution in [0.1, 0.15) is 54.2 Å². The molecule has 172 valence electrons. The van der Waals surface area contributed by atoms with Gasteiger partial charge in [0.05, 0.1) is 5.69 Å². The van der Waals surface area contributed by atoms with E-state index in [0.29, 0.717) is 11.3 Å². The minimum Gasteiger partial charge on any atom is -0.459 e. The number of aromatic nitrogens is 1. The molecule has 8 heteroatoms. The second-order valence-corrected chi connectivity index (χ2v) is 9.12. The fraction of sp³-hybridized carbons (Fsp3) is 0.417. The number of hydrogen-bond donors (Lipinski definition) is 0. The highest BCUT2D eigenvalue weighted by molar-refractivity contribution is 6.11. The molecular weight excluding hydrogens is 412 g/mol. The molecule has 8 nitrogen and oxygen atoms in total. The van der Waals surface area contributed by atoms with Crippen LogP contribution in [0.25, 0.3) is 11.1 Å². The van der Waals surface area contributed by atoms with Gasteiger partial charge in [0.2, 0.25) is 0 Å². The molecule has 0 unspecified atom stereocenters. The van der Waals surface area contributed by atoms with E-state index in [4.69, 9.17) is 14.2 Å². The molecule has 1 heterocycles. The third kappa shape index (κ3) is 7.37. The summed E-state index contributed by atoms with van der Waals surface area (Å²) in [6.45, 7) is 11.3. The largest absolute Gasteiger partial charge is 0.459 e. The molecule has 0 radical (unpaired) electrons. The van der Waals surface area contributed by atoms with E-state index in [-0.39, 0.29) is 12.4 Å². The van der Waals surface area contributed by atoms with Gasteiger partial charge in [-0.15, -0.1) is 0 Å². The predicted molar refractivity (Wildman–Crippen MR) is 120 cm³/mol. The third-order valence-corrected chi connectivity index (χ3v) is 3.80. The molecule has 1 aromatic carbocycles. The maximum Gasteiger partial charge on any atom is 0.425 e. The first-order valence-corrected chi connectivity index (χ1v) is 10.2. The van der Waals surface area contributed by atoms with Crippen molar-refractivity contribution in [2.45, 2.75) is 66.3 Å². The number of imide groups is 1. The first-order chi connectivity index (χ1) is 14.8. The highest BCUT2D eigenvalue weighted by Gasteiger charge is 2.35. The summed E-state index contributed by atoms with van der Waals surface area (Å²) in [5.41, 5.74) is -0.133. The average molecular weight is 443 g/mol. The monoisotopic (exact) mass is 442 g/mol. The van der Waals surface area contributed by atoms with Gasteiger partial charge >= 0.3 is 18.2 Å². The van der Waals surface area contributed by atoms with Crippen molar-refractivity contribution in [1.29, 1.82) is 0 Å². The molecule has 0 aliphatic heterocycles. The van der Waals surface area contributed by atoms with Crippen molar-refractivity contribution in [3.63, 3.8) is 0 Å². The number of esters is 1. The number of carbonyl (C=O) groups is 3. The van der Waals surface area contributed by atoms with Crippen molar-refractivity contribution in [3.05, 3.63) is 48.2 Å². The van der Waals surface area contributed by atoms with E-state index >= 15 is 0 Å². The Kier molecular flexibility index (Phi) is 7.61. The molecule has 2 amide bonds. The van der Waals surface area contributed by atoms with E-state index in [1.165, 1.54) is 6.92 Å². The van der Waals surface area contributed by atoms with Crippen LogP contribution in [0.2, 0.25) is 0 Å². The molecule has 32 heavy (non-hydrogen) atoms. The van der Waals surface area contributed by atoms with Gasteiger partial charge in [0.15, 0.2) is 5.82 Å². The summed E-state index contributed by atoms with van der Waals surface area (Å²) in [6, 6.07) is 12.5. The summed E-state index contributed by atoms with van der Waals surface area (Å²) in [5, 5.41) is 0.